The smallest absolute Gasteiger partial charge is 0.158 e. The van der Waals surface area contributed by atoms with E-state index in [9.17, 15) is 0 Å². The molecule has 0 saturated heterocycles. The Morgan fingerprint density at radius 3 is 2.46 bits per heavy atom. The summed E-state index contributed by atoms with van der Waals surface area (Å²) in [7, 11) is 0. The van der Waals surface area contributed by atoms with Crippen LogP contribution in [0.4, 0.5) is 17.3 Å². The van der Waals surface area contributed by atoms with Gasteiger partial charge in [-0.2, -0.15) is 10.4 Å². The van der Waals surface area contributed by atoms with E-state index in [1.165, 1.54) is 25.2 Å². The van der Waals surface area contributed by atoms with Gasteiger partial charge in [0.05, 0.1) is 23.8 Å². The third-order valence-corrected chi connectivity index (χ3v) is 4.94. The summed E-state index contributed by atoms with van der Waals surface area (Å²) in [5.74, 6) is 1.66. The fourth-order valence-corrected chi connectivity index (χ4v) is 3.30. The Labute approximate surface area is 152 Å². The predicted molar refractivity (Wildman–Crippen MR) is 97.9 cm³/mol. The molecule has 4 rings (SSSR count). The number of aromatic nitrogens is 4. The van der Waals surface area contributed by atoms with Crippen LogP contribution in [0, 0.1) is 11.3 Å². The zero-order chi connectivity index (χ0) is 17.9. The molecule has 0 radical (unpaired) electrons. The van der Waals surface area contributed by atoms with Crippen molar-refractivity contribution in [3.63, 3.8) is 0 Å². The van der Waals surface area contributed by atoms with Crippen LogP contribution in [0.2, 0.25) is 0 Å². The third-order valence-electron chi connectivity index (χ3n) is 4.94. The van der Waals surface area contributed by atoms with Crippen LogP contribution in [-0.4, -0.2) is 32.2 Å². The average Bonchev–Trinajstić information content (AvgIpc) is 3.50. The van der Waals surface area contributed by atoms with Crippen molar-refractivity contribution in [2.24, 2.45) is 5.73 Å². The largest absolute Gasteiger partial charge is 0.381 e. The molecule has 0 amide bonds. The summed E-state index contributed by atoms with van der Waals surface area (Å²) >= 11 is 0. The van der Waals surface area contributed by atoms with Gasteiger partial charge in [-0.25, -0.2) is 9.97 Å². The highest BCUT2D eigenvalue weighted by Crippen LogP contribution is 2.43. The first kappa shape index (κ1) is 16.7. The monoisotopic (exact) mass is 350 g/mol. The normalized spacial score (nSPS) is 22.5. The lowest BCUT2D eigenvalue weighted by Crippen LogP contribution is -2.33. The molecule has 8 nitrogen and oxygen atoms in total. The molecule has 0 aliphatic heterocycles. The molecular formula is C18H22N8. The van der Waals surface area contributed by atoms with E-state index < -0.39 is 0 Å². The number of nitrogens with two attached hydrogens (primary N) is 1. The molecule has 2 aromatic heterocycles. The van der Waals surface area contributed by atoms with Gasteiger partial charge in [0, 0.05) is 24.1 Å². The van der Waals surface area contributed by atoms with E-state index in [4.69, 9.17) is 11.0 Å². The van der Waals surface area contributed by atoms with Crippen molar-refractivity contribution < 1.29 is 0 Å². The highest BCUT2D eigenvalue weighted by molar-refractivity contribution is 5.61. The molecule has 2 aromatic rings. The maximum Gasteiger partial charge on any atom is 0.158 e. The second kappa shape index (κ2) is 7.22. The molecule has 2 saturated carbocycles. The van der Waals surface area contributed by atoms with Crippen LogP contribution in [-0.2, 0) is 0 Å². The zero-order valence-electron chi connectivity index (χ0n) is 14.5. The van der Waals surface area contributed by atoms with Crippen LogP contribution in [0.3, 0.4) is 0 Å². The lowest BCUT2D eigenvalue weighted by molar-refractivity contribution is 0.411. The number of hydrogen-bond donors (Lipinski definition) is 3. The quantitative estimate of drug-likeness (QED) is 0.751. The summed E-state index contributed by atoms with van der Waals surface area (Å²) in [6.07, 6.45) is 9.57. The molecule has 4 N–H and O–H groups in total. The van der Waals surface area contributed by atoms with Gasteiger partial charge in [-0.05, 0) is 38.5 Å². The highest BCUT2D eigenvalue weighted by Gasteiger charge is 2.30. The van der Waals surface area contributed by atoms with Crippen LogP contribution in [0.15, 0.2) is 18.5 Å². The SMILES string of the molecule is N#Cc1cnc(Nc2cc(NC3CCC(N)CC3)c(C3CC3)nn2)cn1. The van der Waals surface area contributed by atoms with E-state index in [0.29, 0.717) is 29.6 Å². The van der Waals surface area contributed by atoms with E-state index in [2.05, 4.69) is 30.8 Å². The lowest BCUT2D eigenvalue weighted by atomic mass is 9.91. The Morgan fingerprint density at radius 1 is 1.00 bits per heavy atom. The molecule has 0 unspecified atom stereocenters. The average molecular weight is 350 g/mol. The van der Waals surface area contributed by atoms with Crippen molar-refractivity contribution in [3.8, 4) is 6.07 Å². The number of hydrogen-bond acceptors (Lipinski definition) is 8. The fourth-order valence-electron chi connectivity index (χ4n) is 3.30. The molecule has 0 aromatic carbocycles. The second-order valence-corrected chi connectivity index (χ2v) is 7.08. The lowest BCUT2D eigenvalue weighted by Gasteiger charge is -2.28. The maximum absolute atomic E-state index is 8.80. The molecule has 0 spiro atoms. The molecule has 134 valence electrons. The highest BCUT2D eigenvalue weighted by atomic mass is 15.2. The zero-order valence-corrected chi connectivity index (χ0v) is 14.5. The van der Waals surface area contributed by atoms with Gasteiger partial charge in [-0.1, -0.05) is 0 Å². The fraction of sp³-hybridized carbons (Fsp3) is 0.500. The molecule has 26 heavy (non-hydrogen) atoms. The molecule has 2 fully saturated rings. The number of nitrogens with one attached hydrogen (secondary N) is 2. The van der Waals surface area contributed by atoms with E-state index >= 15 is 0 Å². The summed E-state index contributed by atoms with van der Waals surface area (Å²) in [6, 6.07) is 4.71. The van der Waals surface area contributed by atoms with Crippen molar-refractivity contribution in [1.82, 2.24) is 20.2 Å². The number of anilines is 3. The minimum atomic E-state index is 0.281. The molecule has 0 atom stereocenters. The van der Waals surface area contributed by atoms with Crippen LogP contribution < -0.4 is 16.4 Å². The summed E-state index contributed by atoms with van der Waals surface area (Å²) in [5.41, 5.74) is 8.40. The van der Waals surface area contributed by atoms with Gasteiger partial charge in [0.2, 0.25) is 0 Å². The van der Waals surface area contributed by atoms with Gasteiger partial charge in [-0.15, -0.1) is 5.10 Å². The second-order valence-electron chi connectivity index (χ2n) is 7.08. The Hall–Kier alpha value is -2.79. The number of rotatable bonds is 5. The van der Waals surface area contributed by atoms with Crippen molar-refractivity contribution in [2.75, 3.05) is 10.6 Å². The van der Waals surface area contributed by atoms with E-state index in [1.807, 2.05) is 12.1 Å². The van der Waals surface area contributed by atoms with Crippen molar-refractivity contribution in [2.45, 2.75) is 56.5 Å². The summed E-state index contributed by atoms with van der Waals surface area (Å²) in [5, 5.41) is 24.3. The van der Waals surface area contributed by atoms with Gasteiger partial charge in [0.25, 0.3) is 0 Å². The first-order valence-corrected chi connectivity index (χ1v) is 9.10. The number of nitriles is 1. The summed E-state index contributed by atoms with van der Waals surface area (Å²) < 4.78 is 0. The topological polar surface area (TPSA) is 125 Å². The van der Waals surface area contributed by atoms with E-state index in [-0.39, 0.29) is 5.69 Å². The maximum atomic E-state index is 8.80. The molecule has 2 aliphatic rings. The van der Waals surface area contributed by atoms with E-state index in [0.717, 1.165) is 37.1 Å². The Morgan fingerprint density at radius 2 is 1.81 bits per heavy atom. The molecular weight excluding hydrogens is 328 g/mol. The molecule has 2 heterocycles. The van der Waals surface area contributed by atoms with Crippen molar-refractivity contribution in [1.29, 1.82) is 5.26 Å². The Balaban J connectivity index is 1.51. The standard InChI is InChI=1S/C18H22N8/c19-8-14-9-22-17(10-21-14)24-16-7-15(18(26-25-16)11-1-2-11)23-13-5-3-12(20)4-6-13/h7,9-13H,1-6,20H2,(H2,22,23,24,25). The minimum absolute atomic E-state index is 0.281. The van der Waals surface area contributed by atoms with E-state index in [1.54, 1.807) is 0 Å². The summed E-state index contributed by atoms with van der Waals surface area (Å²) in [6.45, 7) is 0. The minimum Gasteiger partial charge on any atom is -0.381 e. The van der Waals surface area contributed by atoms with Crippen molar-refractivity contribution in [3.05, 3.63) is 29.8 Å². The molecule has 8 heteroatoms. The molecule has 0 bridgehead atoms. The van der Waals surface area contributed by atoms with Gasteiger partial charge in [-0.3, -0.25) is 0 Å². The van der Waals surface area contributed by atoms with Gasteiger partial charge in [0.1, 0.15) is 11.9 Å². The van der Waals surface area contributed by atoms with Gasteiger partial charge < -0.3 is 16.4 Å². The first-order valence-electron chi connectivity index (χ1n) is 9.10. The summed E-state index contributed by atoms with van der Waals surface area (Å²) in [4.78, 5) is 8.18. The van der Waals surface area contributed by atoms with Crippen LogP contribution in [0.25, 0.3) is 0 Å². The Bertz CT molecular complexity index is 801. The Kier molecular flexibility index (Phi) is 4.63. The third kappa shape index (κ3) is 3.89. The molecule has 2 aliphatic carbocycles. The predicted octanol–water partition coefficient (Wildman–Crippen LogP) is 2.44. The first-order chi connectivity index (χ1) is 12.7. The van der Waals surface area contributed by atoms with Crippen LogP contribution in [0.5, 0.6) is 0 Å². The van der Waals surface area contributed by atoms with Gasteiger partial charge >= 0.3 is 0 Å². The van der Waals surface area contributed by atoms with Crippen LogP contribution in [0.1, 0.15) is 55.8 Å². The van der Waals surface area contributed by atoms with Crippen molar-refractivity contribution >= 4 is 17.3 Å². The number of nitrogens with zero attached hydrogens (tertiary/aromatic N) is 5. The van der Waals surface area contributed by atoms with Gasteiger partial charge in [0.15, 0.2) is 11.5 Å². The van der Waals surface area contributed by atoms with Crippen LogP contribution >= 0.6 is 0 Å².